The molecular weight excluding hydrogens is 386 g/mol. The van der Waals surface area contributed by atoms with E-state index in [0.717, 1.165) is 5.56 Å². The fourth-order valence-corrected chi connectivity index (χ4v) is 2.73. The van der Waals surface area contributed by atoms with E-state index in [9.17, 15) is 0 Å². The van der Waals surface area contributed by atoms with Gasteiger partial charge in [-0.25, -0.2) is 0 Å². The Hall–Kier alpha value is -0.850. The highest BCUT2D eigenvalue weighted by atomic mass is 35.5. The van der Waals surface area contributed by atoms with Gasteiger partial charge in [-0.05, 0) is 42.4 Å². The van der Waals surface area contributed by atoms with Crippen molar-refractivity contribution in [2.45, 2.75) is 6.42 Å². The molecule has 0 aliphatic carbocycles. The highest BCUT2D eigenvalue weighted by molar-refractivity contribution is 7.80. The van der Waals surface area contributed by atoms with Gasteiger partial charge < -0.3 is 10.6 Å². The molecule has 1 aromatic heterocycles. The van der Waals surface area contributed by atoms with E-state index in [1.165, 1.54) is 6.20 Å². The fourth-order valence-electron chi connectivity index (χ4n) is 1.65. The summed E-state index contributed by atoms with van der Waals surface area (Å²) in [5.74, 6) is 0.389. The molecule has 0 radical (unpaired) electrons. The zero-order chi connectivity index (χ0) is 16.1. The number of hydrogen-bond donors (Lipinski definition) is 2. The number of benzene rings is 1. The van der Waals surface area contributed by atoms with Crippen LogP contribution in [0.3, 0.4) is 0 Å². The molecule has 22 heavy (non-hydrogen) atoms. The van der Waals surface area contributed by atoms with Crippen molar-refractivity contribution in [2.24, 2.45) is 0 Å². The molecule has 0 unspecified atom stereocenters. The second-order valence-electron chi connectivity index (χ2n) is 4.18. The van der Waals surface area contributed by atoms with Crippen LogP contribution < -0.4 is 10.6 Å². The van der Waals surface area contributed by atoms with Crippen LogP contribution in [0, 0.1) is 0 Å². The van der Waals surface area contributed by atoms with Crippen LogP contribution in [-0.4, -0.2) is 21.9 Å². The average Bonchev–Trinajstić information content (AvgIpc) is 2.49. The number of rotatable bonds is 4. The van der Waals surface area contributed by atoms with Crippen LogP contribution in [0.15, 0.2) is 24.4 Å². The van der Waals surface area contributed by atoms with E-state index in [1.54, 1.807) is 18.2 Å². The Morgan fingerprint density at radius 1 is 1.05 bits per heavy atom. The van der Waals surface area contributed by atoms with Gasteiger partial charge in [0, 0.05) is 11.6 Å². The summed E-state index contributed by atoms with van der Waals surface area (Å²) in [6.45, 7) is 0.517. The second-order valence-corrected chi connectivity index (χ2v) is 6.19. The summed E-state index contributed by atoms with van der Waals surface area (Å²) in [6.07, 6.45) is 2.06. The van der Waals surface area contributed by atoms with Crippen LogP contribution in [0.2, 0.25) is 20.1 Å². The maximum absolute atomic E-state index is 6.14. The van der Waals surface area contributed by atoms with Gasteiger partial charge in [0.05, 0.1) is 21.3 Å². The molecule has 0 aliphatic rings. The van der Waals surface area contributed by atoms with Gasteiger partial charge in [0.2, 0.25) is 0 Å². The first-order chi connectivity index (χ1) is 10.5. The fraction of sp³-hybridized carbons (Fsp3) is 0.154. The first kappa shape index (κ1) is 17.5. The molecule has 2 N–H and O–H groups in total. The summed E-state index contributed by atoms with van der Waals surface area (Å²) in [4.78, 5) is 0. The smallest absolute Gasteiger partial charge is 0.173 e. The lowest BCUT2D eigenvalue weighted by Gasteiger charge is -2.12. The van der Waals surface area contributed by atoms with E-state index in [-0.39, 0.29) is 0 Å². The van der Waals surface area contributed by atoms with Crippen molar-refractivity contribution in [1.29, 1.82) is 0 Å². The van der Waals surface area contributed by atoms with Crippen LogP contribution in [0.4, 0.5) is 5.82 Å². The lowest BCUT2D eigenvalue weighted by Crippen LogP contribution is -2.30. The highest BCUT2D eigenvalue weighted by Crippen LogP contribution is 2.31. The lowest BCUT2D eigenvalue weighted by molar-refractivity contribution is 0.872. The predicted molar refractivity (Wildman–Crippen MR) is 96.4 cm³/mol. The SMILES string of the molecule is S=C(NCCc1c(Cl)ccc(Cl)c1Cl)Nc1nnccc1Cl. The molecule has 0 aliphatic heterocycles. The van der Waals surface area contributed by atoms with Crippen molar-refractivity contribution in [3.8, 4) is 0 Å². The van der Waals surface area contributed by atoms with Gasteiger partial charge in [-0.1, -0.05) is 46.4 Å². The number of nitrogens with one attached hydrogen (secondary N) is 2. The summed E-state index contributed by atoms with van der Waals surface area (Å²) >= 11 is 29.3. The Kier molecular flexibility index (Phi) is 6.47. The third kappa shape index (κ3) is 4.57. The maximum Gasteiger partial charge on any atom is 0.173 e. The van der Waals surface area contributed by atoms with E-state index in [2.05, 4.69) is 20.8 Å². The number of halogens is 4. The number of nitrogens with zero attached hydrogens (tertiary/aromatic N) is 2. The summed E-state index contributed by atoms with van der Waals surface area (Å²) in [5.41, 5.74) is 0.767. The highest BCUT2D eigenvalue weighted by Gasteiger charge is 2.10. The van der Waals surface area contributed by atoms with Crippen LogP contribution in [-0.2, 0) is 6.42 Å². The van der Waals surface area contributed by atoms with E-state index in [0.29, 0.717) is 44.0 Å². The Balaban J connectivity index is 1.90. The Bertz CT molecular complexity index is 696. The molecule has 0 saturated carbocycles. The van der Waals surface area contributed by atoms with E-state index in [4.69, 9.17) is 58.6 Å². The molecule has 2 rings (SSSR count). The van der Waals surface area contributed by atoms with Crippen LogP contribution in [0.25, 0.3) is 0 Å². The molecule has 0 atom stereocenters. The number of aromatic nitrogens is 2. The molecule has 116 valence electrons. The number of anilines is 1. The van der Waals surface area contributed by atoms with E-state index >= 15 is 0 Å². The third-order valence-corrected chi connectivity index (χ3v) is 4.45. The maximum atomic E-state index is 6.14. The molecule has 1 aromatic carbocycles. The van der Waals surface area contributed by atoms with Crippen LogP contribution in [0.1, 0.15) is 5.56 Å². The monoisotopic (exact) mass is 394 g/mol. The Labute approximate surface area is 153 Å². The minimum absolute atomic E-state index is 0.372. The van der Waals surface area contributed by atoms with Crippen molar-refractivity contribution in [1.82, 2.24) is 15.5 Å². The molecule has 4 nitrogen and oxygen atoms in total. The number of hydrogen-bond acceptors (Lipinski definition) is 3. The summed E-state index contributed by atoms with van der Waals surface area (Å²) in [7, 11) is 0. The molecule has 0 amide bonds. The van der Waals surface area contributed by atoms with Gasteiger partial charge in [-0.2, -0.15) is 5.10 Å². The average molecular weight is 396 g/mol. The first-order valence-corrected chi connectivity index (χ1v) is 8.05. The molecule has 1 heterocycles. The standard InChI is InChI=1S/C13H10Cl4N4S/c14-8-1-2-9(15)11(17)7(8)3-5-18-13(22)20-12-10(16)4-6-19-21-12/h1-2,4,6H,3,5H2,(H2,18,20,21,22). The van der Waals surface area contributed by atoms with Gasteiger partial charge in [0.25, 0.3) is 0 Å². The Morgan fingerprint density at radius 3 is 2.50 bits per heavy atom. The zero-order valence-electron chi connectivity index (χ0n) is 11.0. The molecule has 2 aromatic rings. The van der Waals surface area contributed by atoms with Crippen molar-refractivity contribution in [3.05, 3.63) is 50.0 Å². The third-order valence-electron chi connectivity index (χ3n) is 2.70. The normalized spacial score (nSPS) is 10.4. The molecular formula is C13H10Cl4N4S. The predicted octanol–water partition coefficient (Wildman–Crippen LogP) is 4.62. The van der Waals surface area contributed by atoms with E-state index < -0.39 is 0 Å². The van der Waals surface area contributed by atoms with Crippen molar-refractivity contribution in [2.75, 3.05) is 11.9 Å². The minimum atomic E-state index is 0.372. The van der Waals surface area contributed by atoms with Crippen molar-refractivity contribution in [3.63, 3.8) is 0 Å². The van der Waals surface area contributed by atoms with Crippen molar-refractivity contribution < 1.29 is 0 Å². The zero-order valence-corrected chi connectivity index (χ0v) is 14.9. The molecule has 9 heteroatoms. The quantitative estimate of drug-likeness (QED) is 0.584. The second kappa shape index (κ2) is 8.13. The van der Waals surface area contributed by atoms with Gasteiger partial charge in [-0.15, -0.1) is 5.10 Å². The summed E-state index contributed by atoms with van der Waals surface area (Å²) < 4.78 is 0. The molecule has 0 bridgehead atoms. The van der Waals surface area contributed by atoms with Gasteiger partial charge in [0.1, 0.15) is 0 Å². The molecule has 0 spiro atoms. The van der Waals surface area contributed by atoms with Crippen molar-refractivity contribution >= 4 is 69.6 Å². The topological polar surface area (TPSA) is 49.8 Å². The number of thiocarbonyl (C=S) groups is 1. The van der Waals surface area contributed by atoms with E-state index in [1.807, 2.05) is 0 Å². The van der Waals surface area contributed by atoms with Gasteiger partial charge in [0.15, 0.2) is 10.9 Å². The Morgan fingerprint density at radius 2 is 1.77 bits per heavy atom. The van der Waals surface area contributed by atoms with Gasteiger partial charge in [-0.3, -0.25) is 0 Å². The molecule has 0 fully saturated rings. The summed E-state index contributed by atoms with van der Waals surface area (Å²) in [6, 6.07) is 4.98. The lowest BCUT2D eigenvalue weighted by atomic mass is 10.1. The van der Waals surface area contributed by atoms with Crippen LogP contribution >= 0.6 is 58.6 Å². The minimum Gasteiger partial charge on any atom is -0.362 e. The first-order valence-electron chi connectivity index (χ1n) is 6.13. The van der Waals surface area contributed by atoms with Gasteiger partial charge >= 0.3 is 0 Å². The largest absolute Gasteiger partial charge is 0.362 e. The van der Waals surface area contributed by atoms with Crippen LogP contribution in [0.5, 0.6) is 0 Å². The summed E-state index contributed by atoms with van der Waals surface area (Å²) in [5, 5.41) is 15.7. The molecule has 0 saturated heterocycles.